The van der Waals surface area contributed by atoms with E-state index in [4.69, 9.17) is 31.3 Å². The van der Waals surface area contributed by atoms with Crippen LogP contribution in [0.5, 0.6) is 0 Å². The predicted octanol–water partition coefficient (Wildman–Crippen LogP) is -3.66. The lowest BCUT2D eigenvalue weighted by Gasteiger charge is -2.29. The van der Waals surface area contributed by atoms with Crippen molar-refractivity contribution >= 4 is 0 Å². The van der Waals surface area contributed by atoms with Crippen molar-refractivity contribution in [3.8, 4) is 0 Å². The van der Waals surface area contributed by atoms with Crippen LogP contribution in [0.15, 0.2) is 0 Å². The fourth-order valence-electron chi connectivity index (χ4n) is 0.527. The van der Waals surface area contributed by atoms with Crippen molar-refractivity contribution in [1.82, 2.24) is 0 Å². The van der Waals surface area contributed by atoms with Crippen molar-refractivity contribution in [2.24, 2.45) is 5.73 Å². The van der Waals surface area contributed by atoms with Gasteiger partial charge in [-0.3, -0.25) is 5.73 Å². The number of nitrogens with two attached hydrogens (primary N) is 1. The largest absolute Gasteiger partial charge is 0.394 e. The van der Waals surface area contributed by atoms with E-state index in [0.29, 0.717) is 0 Å². The highest BCUT2D eigenvalue weighted by Crippen LogP contribution is 2.06. The van der Waals surface area contributed by atoms with Crippen molar-refractivity contribution in [3.63, 3.8) is 0 Å². The summed E-state index contributed by atoms with van der Waals surface area (Å²) in [7, 11) is 0. The van der Waals surface area contributed by atoms with E-state index in [-0.39, 0.29) is 0 Å². The first-order valence-electron chi connectivity index (χ1n) is 3.04. The topological polar surface area (TPSA) is 127 Å². The second kappa shape index (κ2) is 3.96. The van der Waals surface area contributed by atoms with E-state index >= 15 is 0 Å². The lowest BCUT2D eigenvalue weighted by molar-refractivity contribution is -0.150. The SMILES string of the molecule is NC(O)(CO)C(O)C(O)CO. The summed E-state index contributed by atoms with van der Waals surface area (Å²) < 4.78 is 0. The summed E-state index contributed by atoms with van der Waals surface area (Å²) in [4.78, 5) is 0. The zero-order valence-electron chi connectivity index (χ0n) is 5.88. The summed E-state index contributed by atoms with van der Waals surface area (Å²) in [6.07, 6.45) is -3.32. The Kier molecular flexibility index (Phi) is 3.87. The molecule has 0 fully saturated rings. The molecule has 0 heterocycles. The highest BCUT2D eigenvalue weighted by molar-refractivity contribution is 4.84. The molecular weight excluding hydrogens is 154 g/mol. The van der Waals surface area contributed by atoms with E-state index in [2.05, 4.69) is 0 Å². The maximum atomic E-state index is 8.90. The first-order valence-corrected chi connectivity index (χ1v) is 3.04. The van der Waals surface area contributed by atoms with Crippen molar-refractivity contribution in [1.29, 1.82) is 0 Å². The van der Waals surface area contributed by atoms with Gasteiger partial charge in [-0.1, -0.05) is 0 Å². The molecule has 0 aliphatic heterocycles. The lowest BCUT2D eigenvalue weighted by Crippen LogP contribution is -2.59. The Morgan fingerprint density at radius 2 is 1.73 bits per heavy atom. The van der Waals surface area contributed by atoms with E-state index in [1.165, 1.54) is 0 Å². The molecular formula is C5H13NO5. The summed E-state index contributed by atoms with van der Waals surface area (Å²) in [6.45, 7) is -1.63. The molecule has 0 aromatic carbocycles. The molecule has 0 rings (SSSR count). The fourth-order valence-corrected chi connectivity index (χ4v) is 0.527. The lowest BCUT2D eigenvalue weighted by atomic mass is 10.0. The molecule has 0 aromatic heterocycles. The zero-order valence-corrected chi connectivity index (χ0v) is 5.88. The maximum Gasteiger partial charge on any atom is 0.165 e. The zero-order chi connectivity index (χ0) is 9.07. The number of hydrogen-bond acceptors (Lipinski definition) is 6. The highest BCUT2D eigenvalue weighted by atomic mass is 16.4. The molecule has 0 aliphatic carbocycles. The maximum absolute atomic E-state index is 8.90. The van der Waals surface area contributed by atoms with Crippen LogP contribution in [0, 0.1) is 0 Å². The summed E-state index contributed by atoms with van der Waals surface area (Å²) in [5.74, 6) is 0. The normalized spacial score (nSPS) is 22.4. The summed E-state index contributed by atoms with van der Waals surface area (Å²) >= 11 is 0. The molecule has 6 heteroatoms. The molecule has 0 saturated carbocycles. The van der Waals surface area contributed by atoms with Gasteiger partial charge in [0.25, 0.3) is 0 Å². The van der Waals surface area contributed by atoms with E-state index in [9.17, 15) is 0 Å². The minimum Gasteiger partial charge on any atom is -0.394 e. The number of aliphatic hydroxyl groups excluding tert-OH is 4. The Morgan fingerprint density at radius 1 is 1.27 bits per heavy atom. The van der Waals surface area contributed by atoms with E-state index in [1.807, 2.05) is 0 Å². The minimum atomic E-state index is -2.28. The third kappa shape index (κ3) is 2.70. The average Bonchev–Trinajstić information content (AvgIpc) is 2.01. The number of rotatable bonds is 4. The van der Waals surface area contributed by atoms with E-state index < -0.39 is 31.1 Å². The monoisotopic (exact) mass is 167 g/mol. The average molecular weight is 167 g/mol. The van der Waals surface area contributed by atoms with Crippen LogP contribution >= 0.6 is 0 Å². The third-order valence-corrected chi connectivity index (χ3v) is 1.32. The third-order valence-electron chi connectivity index (χ3n) is 1.32. The molecule has 68 valence electrons. The minimum absolute atomic E-state index is 0.735. The summed E-state index contributed by atoms with van der Waals surface area (Å²) in [6, 6.07) is 0. The van der Waals surface area contributed by atoms with Gasteiger partial charge in [-0.15, -0.1) is 0 Å². The Hall–Kier alpha value is -0.240. The van der Waals surface area contributed by atoms with Crippen molar-refractivity contribution in [2.75, 3.05) is 13.2 Å². The van der Waals surface area contributed by atoms with Gasteiger partial charge in [0.05, 0.1) is 13.2 Å². The van der Waals surface area contributed by atoms with Gasteiger partial charge in [0.15, 0.2) is 5.72 Å². The molecule has 0 amide bonds. The van der Waals surface area contributed by atoms with Gasteiger partial charge < -0.3 is 25.5 Å². The van der Waals surface area contributed by atoms with Gasteiger partial charge in [0, 0.05) is 0 Å². The van der Waals surface area contributed by atoms with Gasteiger partial charge in [0.2, 0.25) is 0 Å². The second-order valence-electron chi connectivity index (χ2n) is 2.34. The van der Waals surface area contributed by atoms with Crippen LogP contribution in [0.25, 0.3) is 0 Å². The molecule has 0 bridgehead atoms. The van der Waals surface area contributed by atoms with Crippen LogP contribution in [-0.4, -0.2) is 56.7 Å². The van der Waals surface area contributed by atoms with Gasteiger partial charge in [0.1, 0.15) is 12.2 Å². The highest BCUT2D eigenvalue weighted by Gasteiger charge is 2.35. The van der Waals surface area contributed by atoms with Crippen LogP contribution < -0.4 is 5.73 Å². The Balaban J connectivity index is 4.10. The Bertz CT molecular complexity index is 117. The van der Waals surface area contributed by atoms with Crippen LogP contribution in [0.1, 0.15) is 0 Å². The van der Waals surface area contributed by atoms with Crippen molar-refractivity contribution in [2.45, 2.75) is 17.9 Å². The first kappa shape index (κ1) is 10.8. The smallest absolute Gasteiger partial charge is 0.165 e. The fraction of sp³-hybridized carbons (Fsp3) is 1.00. The van der Waals surface area contributed by atoms with Crippen LogP contribution in [-0.2, 0) is 0 Å². The Morgan fingerprint density at radius 3 is 2.00 bits per heavy atom. The first-order chi connectivity index (χ1) is 4.95. The summed E-state index contributed by atoms with van der Waals surface area (Å²) in [5.41, 5.74) is 2.64. The Labute approximate surface area is 63.5 Å². The van der Waals surface area contributed by atoms with E-state index in [1.54, 1.807) is 0 Å². The molecule has 0 aliphatic rings. The molecule has 7 N–H and O–H groups in total. The number of aliphatic hydroxyl groups is 5. The molecule has 11 heavy (non-hydrogen) atoms. The quantitative estimate of drug-likeness (QED) is 0.239. The molecule has 6 nitrogen and oxygen atoms in total. The predicted molar refractivity (Wildman–Crippen MR) is 35.3 cm³/mol. The second-order valence-corrected chi connectivity index (χ2v) is 2.34. The summed E-state index contributed by atoms with van der Waals surface area (Å²) in [5, 5.41) is 43.2. The van der Waals surface area contributed by atoms with E-state index in [0.717, 1.165) is 0 Å². The van der Waals surface area contributed by atoms with Gasteiger partial charge in [-0.25, -0.2) is 0 Å². The molecule has 0 spiro atoms. The molecule has 0 radical (unpaired) electrons. The molecule has 0 aromatic rings. The molecule has 0 saturated heterocycles. The van der Waals surface area contributed by atoms with Gasteiger partial charge >= 0.3 is 0 Å². The van der Waals surface area contributed by atoms with Gasteiger partial charge in [-0.2, -0.15) is 0 Å². The van der Waals surface area contributed by atoms with Crippen LogP contribution in [0.4, 0.5) is 0 Å². The van der Waals surface area contributed by atoms with Crippen LogP contribution in [0.2, 0.25) is 0 Å². The molecule has 3 atom stereocenters. The molecule has 3 unspecified atom stereocenters. The standard InChI is InChI=1S/C5H13NO5/c6-5(11,2-8)4(10)3(9)1-7/h3-4,7-11H,1-2,6H2. The number of hydrogen-bond donors (Lipinski definition) is 6. The van der Waals surface area contributed by atoms with Crippen molar-refractivity contribution in [3.05, 3.63) is 0 Å². The van der Waals surface area contributed by atoms with Crippen LogP contribution in [0.3, 0.4) is 0 Å². The van der Waals surface area contributed by atoms with Gasteiger partial charge in [-0.05, 0) is 0 Å². The van der Waals surface area contributed by atoms with Crippen molar-refractivity contribution < 1.29 is 25.5 Å².